The van der Waals surface area contributed by atoms with Crippen molar-refractivity contribution in [2.24, 2.45) is 0 Å². The standard InChI is InChI=1S/C18H29N3O3/c1-13-10-21(11-14(2)24-13)18(3,4)12-19-17(22)20-15-8-6-7-9-16(15)23-5/h6-9,13-14H,10-12H2,1-5H3,(H2,19,20,22). The summed E-state index contributed by atoms with van der Waals surface area (Å²) >= 11 is 0. The molecule has 6 nitrogen and oxygen atoms in total. The highest BCUT2D eigenvalue weighted by Gasteiger charge is 2.33. The first-order valence-electron chi connectivity index (χ1n) is 8.40. The molecular formula is C18H29N3O3. The van der Waals surface area contributed by atoms with E-state index in [-0.39, 0.29) is 23.8 Å². The van der Waals surface area contributed by atoms with Crippen LogP contribution in [0.25, 0.3) is 0 Å². The summed E-state index contributed by atoms with van der Waals surface area (Å²) in [7, 11) is 1.59. The number of nitrogens with zero attached hydrogens (tertiary/aromatic N) is 1. The molecule has 1 aliphatic rings. The first-order valence-corrected chi connectivity index (χ1v) is 8.40. The number of hydrogen-bond donors (Lipinski definition) is 2. The molecule has 2 N–H and O–H groups in total. The third-order valence-electron chi connectivity index (χ3n) is 4.31. The van der Waals surface area contributed by atoms with E-state index < -0.39 is 0 Å². The van der Waals surface area contributed by atoms with Crippen molar-refractivity contribution >= 4 is 11.7 Å². The van der Waals surface area contributed by atoms with E-state index in [1.807, 2.05) is 24.3 Å². The summed E-state index contributed by atoms with van der Waals surface area (Å²) in [5.74, 6) is 0.641. The lowest BCUT2D eigenvalue weighted by Gasteiger charge is -2.45. The summed E-state index contributed by atoms with van der Waals surface area (Å²) in [6, 6.07) is 7.12. The van der Waals surface area contributed by atoms with Crippen molar-refractivity contribution in [3.8, 4) is 5.75 Å². The minimum atomic E-state index is -0.234. The van der Waals surface area contributed by atoms with Crippen LogP contribution in [0.4, 0.5) is 10.5 Å². The summed E-state index contributed by atoms with van der Waals surface area (Å²) in [5.41, 5.74) is 0.508. The Morgan fingerprint density at radius 3 is 2.54 bits per heavy atom. The maximum Gasteiger partial charge on any atom is 0.319 e. The average molecular weight is 335 g/mol. The van der Waals surface area contributed by atoms with Gasteiger partial charge in [0.05, 0.1) is 25.0 Å². The van der Waals surface area contributed by atoms with Gasteiger partial charge in [-0.25, -0.2) is 4.79 Å². The fraction of sp³-hybridized carbons (Fsp3) is 0.611. The van der Waals surface area contributed by atoms with E-state index in [2.05, 4.69) is 43.2 Å². The number of benzene rings is 1. The topological polar surface area (TPSA) is 62.8 Å². The molecule has 0 saturated carbocycles. The summed E-state index contributed by atoms with van der Waals surface area (Å²) < 4.78 is 11.0. The molecule has 0 spiro atoms. The molecule has 6 heteroatoms. The lowest BCUT2D eigenvalue weighted by atomic mass is 10.00. The molecule has 1 saturated heterocycles. The third kappa shape index (κ3) is 4.85. The molecule has 0 radical (unpaired) electrons. The molecule has 24 heavy (non-hydrogen) atoms. The molecule has 0 bridgehead atoms. The Hall–Kier alpha value is -1.79. The van der Waals surface area contributed by atoms with Gasteiger partial charge in [-0.15, -0.1) is 0 Å². The second-order valence-corrected chi connectivity index (χ2v) is 6.98. The molecule has 0 aliphatic carbocycles. The van der Waals surface area contributed by atoms with Gasteiger partial charge in [0.1, 0.15) is 5.75 Å². The summed E-state index contributed by atoms with van der Waals surface area (Å²) in [6.45, 7) is 10.7. The number of rotatable bonds is 5. The minimum absolute atomic E-state index is 0.148. The van der Waals surface area contributed by atoms with Gasteiger partial charge in [0, 0.05) is 25.2 Å². The van der Waals surface area contributed by atoms with Crippen LogP contribution in [0.2, 0.25) is 0 Å². The zero-order valence-corrected chi connectivity index (χ0v) is 15.3. The van der Waals surface area contributed by atoms with Gasteiger partial charge in [-0.05, 0) is 39.8 Å². The van der Waals surface area contributed by atoms with Gasteiger partial charge >= 0.3 is 6.03 Å². The maximum absolute atomic E-state index is 12.2. The second-order valence-electron chi connectivity index (χ2n) is 6.98. The van der Waals surface area contributed by atoms with Gasteiger partial charge < -0.3 is 20.1 Å². The maximum atomic E-state index is 12.2. The molecule has 2 atom stereocenters. The van der Waals surface area contributed by atoms with Crippen LogP contribution < -0.4 is 15.4 Å². The Kier molecular flexibility index (Phi) is 6.07. The molecule has 2 unspecified atom stereocenters. The molecule has 1 aromatic rings. The number of amides is 2. The minimum Gasteiger partial charge on any atom is -0.495 e. The highest BCUT2D eigenvalue weighted by Crippen LogP contribution is 2.23. The van der Waals surface area contributed by atoms with Crippen LogP contribution in [-0.4, -0.2) is 55.4 Å². The predicted octanol–water partition coefficient (Wildman–Crippen LogP) is 2.70. The fourth-order valence-electron chi connectivity index (χ4n) is 2.99. The van der Waals surface area contributed by atoms with Gasteiger partial charge in [0.2, 0.25) is 0 Å². The number of para-hydroxylation sites is 2. The molecule has 1 fully saturated rings. The lowest BCUT2D eigenvalue weighted by molar-refractivity contribution is -0.0947. The molecule has 1 aromatic carbocycles. The van der Waals surface area contributed by atoms with E-state index in [0.717, 1.165) is 13.1 Å². The Bertz CT molecular complexity index is 552. The normalized spacial score (nSPS) is 22.0. The van der Waals surface area contributed by atoms with E-state index >= 15 is 0 Å². The van der Waals surface area contributed by atoms with Crippen LogP contribution in [0.15, 0.2) is 24.3 Å². The largest absolute Gasteiger partial charge is 0.495 e. The van der Waals surface area contributed by atoms with Crippen LogP contribution in [0.3, 0.4) is 0 Å². The number of morpholine rings is 1. The number of carbonyl (C=O) groups excluding carboxylic acids is 1. The number of anilines is 1. The number of ether oxygens (including phenoxy) is 2. The Labute approximate surface area is 144 Å². The first kappa shape index (κ1) is 18.5. The Morgan fingerprint density at radius 2 is 1.92 bits per heavy atom. The molecule has 2 rings (SSSR count). The van der Waals surface area contributed by atoms with Crippen molar-refractivity contribution in [1.29, 1.82) is 0 Å². The van der Waals surface area contributed by atoms with E-state index in [0.29, 0.717) is 18.0 Å². The van der Waals surface area contributed by atoms with Gasteiger partial charge in [-0.2, -0.15) is 0 Å². The van der Waals surface area contributed by atoms with Crippen LogP contribution in [0, 0.1) is 0 Å². The van der Waals surface area contributed by atoms with Crippen LogP contribution in [-0.2, 0) is 4.74 Å². The zero-order chi connectivity index (χ0) is 17.7. The van der Waals surface area contributed by atoms with E-state index in [9.17, 15) is 4.79 Å². The number of nitrogens with one attached hydrogen (secondary N) is 2. The zero-order valence-electron chi connectivity index (χ0n) is 15.3. The van der Waals surface area contributed by atoms with E-state index in [1.165, 1.54) is 0 Å². The number of carbonyl (C=O) groups is 1. The number of urea groups is 1. The summed E-state index contributed by atoms with van der Waals surface area (Å²) in [6.07, 6.45) is 0.408. The van der Waals surface area contributed by atoms with Gasteiger partial charge in [0.25, 0.3) is 0 Å². The van der Waals surface area contributed by atoms with Crippen molar-refractivity contribution in [2.75, 3.05) is 32.1 Å². The molecule has 1 heterocycles. The molecule has 134 valence electrons. The fourth-order valence-corrected chi connectivity index (χ4v) is 2.99. The molecule has 2 amide bonds. The highest BCUT2D eigenvalue weighted by atomic mass is 16.5. The van der Waals surface area contributed by atoms with Crippen molar-refractivity contribution in [2.45, 2.75) is 45.4 Å². The van der Waals surface area contributed by atoms with E-state index in [4.69, 9.17) is 9.47 Å². The third-order valence-corrected chi connectivity index (χ3v) is 4.31. The number of methoxy groups -OCH3 is 1. The van der Waals surface area contributed by atoms with Crippen molar-refractivity contribution in [1.82, 2.24) is 10.2 Å². The first-order chi connectivity index (χ1) is 11.3. The van der Waals surface area contributed by atoms with Crippen molar-refractivity contribution in [3.05, 3.63) is 24.3 Å². The van der Waals surface area contributed by atoms with E-state index in [1.54, 1.807) is 7.11 Å². The molecule has 0 aromatic heterocycles. The molecule has 1 aliphatic heterocycles. The quantitative estimate of drug-likeness (QED) is 0.868. The van der Waals surface area contributed by atoms with Crippen molar-refractivity contribution < 1.29 is 14.3 Å². The lowest BCUT2D eigenvalue weighted by Crippen LogP contribution is -2.58. The van der Waals surface area contributed by atoms with Crippen LogP contribution in [0.1, 0.15) is 27.7 Å². The smallest absolute Gasteiger partial charge is 0.319 e. The Balaban J connectivity index is 1.90. The van der Waals surface area contributed by atoms with Gasteiger partial charge in [-0.1, -0.05) is 12.1 Å². The van der Waals surface area contributed by atoms with Crippen LogP contribution >= 0.6 is 0 Å². The number of hydrogen-bond acceptors (Lipinski definition) is 4. The summed E-state index contributed by atoms with van der Waals surface area (Å²) in [5, 5.41) is 5.80. The SMILES string of the molecule is COc1ccccc1NC(=O)NCC(C)(C)N1CC(C)OC(C)C1. The highest BCUT2D eigenvalue weighted by molar-refractivity contribution is 5.90. The Morgan fingerprint density at radius 1 is 1.29 bits per heavy atom. The monoisotopic (exact) mass is 335 g/mol. The average Bonchev–Trinajstić information content (AvgIpc) is 2.53. The predicted molar refractivity (Wildman–Crippen MR) is 95.7 cm³/mol. The molecular weight excluding hydrogens is 306 g/mol. The summed E-state index contributed by atoms with van der Waals surface area (Å²) in [4.78, 5) is 14.6. The van der Waals surface area contributed by atoms with Crippen LogP contribution in [0.5, 0.6) is 5.75 Å². The van der Waals surface area contributed by atoms with Gasteiger partial charge in [0.15, 0.2) is 0 Å². The second kappa shape index (κ2) is 7.85. The van der Waals surface area contributed by atoms with Crippen molar-refractivity contribution in [3.63, 3.8) is 0 Å². The van der Waals surface area contributed by atoms with Gasteiger partial charge in [-0.3, -0.25) is 4.90 Å².